The summed E-state index contributed by atoms with van der Waals surface area (Å²) < 4.78 is 1.57. The van der Waals surface area contributed by atoms with Gasteiger partial charge in [0.1, 0.15) is 11.5 Å². The van der Waals surface area contributed by atoms with Gasteiger partial charge in [0, 0.05) is 0 Å². The first-order valence-corrected chi connectivity index (χ1v) is 7.71. The Labute approximate surface area is 152 Å². The maximum absolute atomic E-state index is 11.1. The molecule has 11 heteroatoms. The molecule has 0 atom stereocenters. The summed E-state index contributed by atoms with van der Waals surface area (Å²) in [7, 11) is 0. The third-order valence-corrected chi connectivity index (χ3v) is 3.81. The Morgan fingerprint density at radius 1 is 1.35 bits per heavy atom. The molecule has 0 aliphatic heterocycles. The fourth-order valence-electron chi connectivity index (χ4n) is 2.21. The summed E-state index contributed by atoms with van der Waals surface area (Å²) in [5.74, 6) is -0.378. The molecule has 0 bridgehead atoms. The molecule has 0 saturated heterocycles. The van der Waals surface area contributed by atoms with Crippen molar-refractivity contribution in [2.24, 2.45) is 5.10 Å². The zero-order valence-corrected chi connectivity index (χ0v) is 14.3. The number of hydrazone groups is 1. The molecule has 0 aliphatic carbocycles. The first-order chi connectivity index (χ1) is 12.5. The number of rotatable bonds is 5. The van der Waals surface area contributed by atoms with E-state index in [1.807, 2.05) is 30.3 Å². The number of aromatic nitrogens is 4. The van der Waals surface area contributed by atoms with Gasteiger partial charge in [-0.2, -0.15) is 10.2 Å². The van der Waals surface area contributed by atoms with E-state index in [2.05, 4.69) is 25.6 Å². The number of nitrogens with zero attached hydrogens (tertiary/aromatic N) is 6. The largest absolute Gasteiger partial charge is 0.378 e. The van der Waals surface area contributed by atoms with E-state index in [0.717, 1.165) is 12.0 Å². The van der Waals surface area contributed by atoms with Crippen molar-refractivity contribution in [3.63, 3.8) is 0 Å². The van der Waals surface area contributed by atoms with Crippen LogP contribution in [0.1, 0.15) is 11.3 Å². The van der Waals surface area contributed by atoms with Crippen molar-refractivity contribution in [2.45, 2.75) is 6.92 Å². The van der Waals surface area contributed by atoms with Gasteiger partial charge < -0.3 is 5.73 Å². The van der Waals surface area contributed by atoms with Gasteiger partial charge in [-0.3, -0.25) is 15.5 Å². The van der Waals surface area contributed by atoms with E-state index in [1.165, 1.54) is 6.21 Å². The van der Waals surface area contributed by atoms with E-state index in [9.17, 15) is 10.1 Å². The molecule has 0 spiro atoms. The maximum Gasteiger partial charge on any atom is 0.354 e. The number of halogens is 1. The molecule has 3 N–H and O–H groups in total. The Morgan fingerprint density at radius 3 is 2.77 bits per heavy atom. The van der Waals surface area contributed by atoms with Crippen molar-refractivity contribution in [3.05, 3.63) is 63.2 Å². The number of nitro groups is 1. The van der Waals surface area contributed by atoms with Crippen molar-refractivity contribution in [2.75, 3.05) is 11.2 Å². The van der Waals surface area contributed by atoms with Crippen LogP contribution in [0.25, 0.3) is 5.69 Å². The predicted molar refractivity (Wildman–Crippen MR) is 97.6 cm³/mol. The Hall–Kier alpha value is -3.53. The van der Waals surface area contributed by atoms with Gasteiger partial charge in [-0.15, -0.1) is 0 Å². The number of hydrogen-bond acceptors (Lipinski definition) is 8. The predicted octanol–water partition coefficient (Wildman–Crippen LogP) is 2.56. The summed E-state index contributed by atoms with van der Waals surface area (Å²) in [5.41, 5.74) is 9.54. The third-order valence-electron chi connectivity index (χ3n) is 3.45. The number of hydrogen-bond donors (Lipinski definition) is 2. The molecular weight excluding hydrogens is 360 g/mol. The Morgan fingerprint density at radius 2 is 2.08 bits per heavy atom. The molecule has 26 heavy (non-hydrogen) atoms. The van der Waals surface area contributed by atoms with Crippen molar-refractivity contribution < 1.29 is 4.92 Å². The lowest BCUT2D eigenvalue weighted by atomic mass is 10.3. The van der Waals surface area contributed by atoms with E-state index in [4.69, 9.17) is 17.3 Å². The van der Waals surface area contributed by atoms with Gasteiger partial charge in [-0.25, -0.2) is 14.6 Å². The van der Waals surface area contributed by atoms with Crippen LogP contribution in [0.2, 0.25) is 5.15 Å². The highest BCUT2D eigenvalue weighted by molar-refractivity contribution is 6.32. The molecule has 0 unspecified atom stereocenters. The standard InChI is InChI=1S/C15H13ClN8O2/c1-9-11(13(16)23(22-9)10-5-3-2-4-6-10)7-20-21-15-12(24(25)26)14(17)18-8-19-15/h2-8H,1H3,(H3,17,18,19,21). The number of nitrogen functional groups attached to an aromatic ring is 1. The zero-order chi connectivity index (χ0) is 18.7. The lowest BCUT2D eigenvalue weighted by Gasteiger charge is -2.02. The SMILES string of the molecule is Cc1nn(-c2ccccc2)c(Cl)c1C=NNc1ncnc(N)c1[N+](=O)[O-]. The van der Waals surface area contributed by atoms with Gasteiger partial charge in [0.2, 0.25) is 11.6 Å². The van der Waals surface area contributed by atoms with E-state index < -0.39 is 10.6 Å². The second-order valence-corrected chi connectivity index (χ2v) is 5.48. The molecule has 2 heterocycles. The summed E-state index contributed by atoms with van der Waals surface area (Å²) >= 11 is 6.38. The molecule has 3 aromatic rings. The first kappa shape index (κ1) is 17.3. The smallest absolute Gasteiger partial charge is 0.354 e. The van der Waals surface area contributed by atoms with Crippen LogP contribution in [0, 0.1) is 17.0 Å². The molecule has 0 aliphatic rings. The van der Waals surface area contributed by atoms with Gasteiger partial charge in [-0.05, 0) is 19.1 Å². The molecule has 0 radical (unpaired) electrons. The fourth-order valence-corrected chi connectivity index (χ4v) is 2.53. The number of benzene rings is 1. The topological polar surface area (TPSA) is 137 Å². The zero-order valence-electron chi connectivity index (χ0n) is 13.5. The molecule has 0 saturated carbocycles. The monoisotopic (exact) mass is 372 g/mol. The summed E-state index contributed by atoms with van der Waals surface area (Å²) in [6.07, 6.45) is 2.51. The quantitative estimate of drug-likeness (QED) is 0.398. The Bertz CT molecular complexity index is 987. The molecule has 132 valence electrons. The number of anilines is 2. The second-order valence-electron chi connectivity index (χ2n) is 5.12. The van der Waals surface area contributed by atoms with Crippen molar-refractivity contribution >= 4 is 35.1 Å². The maximum atomic E-state index is 11.1. The van der Waals surface area contributed by atoms with Gasteiger partial charge in [0.25, 0.3) is 0 Å². The number of aryl methyl sites for hydroxylation is 1. The normalized spacial score (nSPS) is 11.0. The minimum atomic E-state index is -0.682. The summed E-state index contributed by atoms with van der Waals surface area (Å²) in [6, 6.07) is 9.36. The fraction of sp³-hybridized carbons (Fsp3) is 0.0667. The van der Waals surface area contributed by atoms with Crippen LogP contribution < -0.4 is 11.2 Å². The van der Waals surface area contributed by atoms with Crippen LogP contribution >= 0.6 is 11.6 Å². The highest BCUT2D eigenvalue weighted by Crippen LogP contribution is 2.26. The molecule has 3 rings (SSSR count). The third kappa shape index (κ3) is 3.30. The summed E-state index contributed by atoms with van der Waals surface area (Å²) in [6.45, 7) is 1.78. The van der Waals surface area contributed by atoms with Gasteiger partial charge in [-0.1, -0.05) is 29.8 Å². The Balaban J connectivity index is 1.88. The first-order valence-electron chi connectivity index (χ1n) is 7.33. The average molecular weight is 373 g/mol. The number of nitrogens with one attached hydrogen (secondary N) is 1. The van der Waals surface area contributed by atoms with Crippen molar-refractivity contribution in [3.8, 4) is 5.69 Å². The molecule has 0 fully saturated rings. The van der Waals surface area contributed by atoms with Gasteiger partial charge >= 0.3 is 5.69 Å². The minimum Gasteiger partial charge on any atom is -0.378 e. The molecule has 0 amide bonds. The van der Waals surface area contributed by atoms with Crippen LogP contribution in [0.5, 0.6) is 0 Å². The van der Waals surface area contributed by atoms with Crippen molar-refractivity contribution in [1.82, 2.24) is 19.7 Å². The van der Waals surface area contributed by atoms with E-state index in [-0.39, 0.29) is 11.6 Å². The van der Waals surface area contributed by atoms with Gasteiger partial charge in [0.15, 0.2) is 0 Å². The number of para-hydroxylation sites is 1. The number of nitrogens with two attached hydrogens (primary N) is 1. The molecule has 2 aromatic heterocycles. The van der Waals surface area contributed by atoms with E-state index in [1.54, 1.807) is 11.6 Å². The van der Waals surface area contributed by atoms with Crippen molar-refractivity contribution in [1.29, 1.82) is 0 Å². The highest BCUT2D eigenvalue weighted by Gasteiger charge is 2.20. The molecule has 10 nitrogen and oxygen atoms in total. The van der Waals surface area contributed by atoms with Crippen LogP contribution in [-0.4, -0.2) is 30.9 Å². The van der Waals surface area contributed by atoms with E-state index >= 15 is 0 Å². The molecular formula is C15H13ClN8O2. The summed E-state index contributed by atoms with van der Waals surface area (Å²) in [5, 5.41) is 19.8. The van der Waals surface area contributed by atoms with Crippen LogP contribution in [0.4, 0.5) is 17.3 Å². The second kappa shape index (κ2) is 7.15. The lowest BCUT2D eigenvalue weighted by molar-refractivity contribution is -0.383. The van der Waals surface area contributed by atoms with Gasteiger partial charge in [0.05, 0.1) is 28.1 Å². The molecule has 1 aromatic carbocycles. The van der Waals surface area contributed by atoms with E-state index in [0.29, 0.717) is 16.4 Å². The Kier molecular flexibility index (Phi) is 4.76. The van der Waals surface area contributed by atoms with Crippen LogP contribution in [0.3, 0.4) is 0 Å². The van der Waals surface area contributed by atoms with Crippen LogP contribution in [-0.2, 0) is 0 Å². The minimum absolute atomic E-state index is 0.122. The lowest BCUT2D eigenvalue weighted by Crippen LogP contribution is -2.04. The van der Waals surface area contributed by atoms with Crippen LogP contribution in [0.15, 0.2) is 41.8 Å². The summed E-state index contributed by atoms with van der Waals surface area (Å²) in [4.78, 5) is 17.8. The average Bonchev–Trinajstić information content (AvgIpc) is 2.90. The highest BCUT2D eigenvalue weighted by atomic mass is 35.5.